The SMILES string of the molecule is C#CCC(C)NC(=O)c1cc(Br)cn1C. The quantitative estimate of drug-likeness (QED) is 0.836. The molecule has 0 bridgehead atoms. The standard InChI is InChI=1S/C11H13BrN2O/c1-4-5-8(2)13-11(15)10-6-9(12)7-14(10)3/h1,6-8H,5H2,2-3H3,(H,13,15). The number of hydrogen-bond acceptors (Lipinski definition) is 1. The van der Waals surface area contributed by atoms with E-state index >= 15 is 0 Å². The molecule has 4 heteroatoms. The molecule has 1 rings (SSSR count). The Morgan fingerprint density at radius 2 is 2.47 bits per heavy atom. The second-order valence-electron chi connectivity index (χ2n) is 3.44. The predicted molar refractivity (Wildman–Crippen MR) is 63.5 cm³/mol. The van der Waals surface area contributed by atoms with Gasteiger partial charge in [0.15, 0.2) is 0 Å². The van der Waals surface area contributed by atoms with Gasteiger partial charge in [0.1, 0.15) is 5.69 Å². The first-order valence-electron chi connectivity index (χ1n) is 4.60. The minimum absolute atomic E-state index is 0.00354. The summed E-state index contributed by atoms with van der Waals surface area (Å²) in [5, 5.41) is 2.83. The van der Waals surface area contributed by atoms with Crippen molar-refractivity contribution in [3.8, 4) is 12.3 Å². The fourth-order valence-electron chi connectivity index (χ4n) is 1.28. The molecule has 3 nitrogen and oxygen atoms in total. The summed E-state index contributed by atoms with van der Waals surface area (Å²) in [6.45, 7) is 1.88. The largest absolute Gasteiger partial charge is 0.347 e. The number of rotatable bonds is 3. The van der Waals surface area contributed by atoms with E-state index in [-0.39, 0.29) is 11.9 Å². The Kier molecular flexibility index (Phi) is 3.98. The molecule has 0 aromatic carbocycles. The van der Waals surface area contributed by atoms with E-state index in [1.54, 1.807) is 10.6 Å². The third kappa shape index (κ3) is 3.14. The molecule has 1 atom stereocenters. The molecule has 0 fully saturated rings. The molecule has 0 spiro atoms. The van der Waals surface area contributed by atoms with Crippen LogP contribution in [0.2, 0.25) is 0 Å². The van der Waals surface area contributed by atoms with Crippen LogP contribution in [-0.4, -0.2) is 16.5 Å². The Morgan fingerprint density at radius 3 is 2.93 bits per heavy atom. The monoisotopic (exact) mass is 268 g/mol. The Morgan fingerprint density at radius 1 is 1.80 bits per heavy atom. The Labute approximate surface area is 98.0 Å². The molecule has 0 aliphatic rings. The van der Waals surface area contributed by atoms with E-state index in [0.29, 0.717) is 12.1 Å². The minimum Gasteiger partial charge on any atom is -0.347 e. The van der Waals surface area contributed by atoms with Crippen LogP contribution in [0, 0.1) is 12.3 Å². The molecule has 80 valence electrons. The summed E-state index contributed by atoms with van der Waals surface area (Å²) >= 11 is 3.32. The molecule has 15 heavy (non-hydrogen) atoms. The summed E-state index contributed by atoms with van der Waals surface area (Å²) in [7, 11) is 1.82. The average Bonchev–Trinajstić information content (AvgIpc) is 2.45. The zero-order valence-electron chi connectivity index (χ0n) is 8.75. The van der Waals surface area contributed by atoms with Gasteiger partial charge in [0, 0.05) is 30.2 Å². The fourth-order valence-corrected chi connectivity index (χ4v) is 1.80. The van der Waals surface area contributed by atoms with Gasteiger partial charge in [-0.1, -0.05) is 0 Å². The summed E-state index contributed by atoms with van der Waals surface area (Å²) < 4.78 is 2.65. The van der Waals surface area contributed by atoms with E-state index in [1.165, 1.54) is 0 Å². The third-order valence-electron chi connectivity index (χ3n) is 2.01. The third-order valence-corrected chi connectivity index (χ3v) is 2.44. The van der Waals surface area contributed by atoms with Gasteiger partial charge in [0.05, 0.1) is 0 Å². The van der Waals surface area contributed by atoms with Crippen molar-refractivity contribution in [2.24, 2.45) is 7.05 Å². The van der Waals surface area contributed by atoms with E-state index in [0.717, 1.165) is 4.47 Å². The van der Waals surface area contributed by atoms with Crippen molar-refractivity contribution < 1.29 is 4.79 Å². The number of carbonyl (C=O) groups is 1. The molecule has 1 amide bonds. The number of aryl methyl sites for hydroxylation is 1. The number of carbonyl (C=O) groups excluding carboxylic acids is 1. The first kappa shape index (κ1) is 11.9. The van der Waals surface area contributed by atoms with Gasteiger partial charge >= 0.3 is 0 Å². The van der Waals surface area contributed by atoms with Gasteiger partial charge in [0.25, 0.3) is 5.91 Å². The van der Waals surface area contributed by atoms with Gasteiger partial charge in [-0.05, 0) is 28.9 Å². The molecular weight excluding hydrogens is 256 g/mol. The fraction of sp³-hybridized carbons (Fsp3) is 0.364. The smallest absolute Gasteiger partial charge is 0.268 e. The molecule has 1 heterocycles. The molecule has 0 saturated heterocycles. The van der Waals surface area contributed by atoms with Crippen LogP contribution in [0.3, 0.4) is 0 Å². The maximum absolute atomic E-state index is 11.7. The van der Waals surface area contributed by atoms with Gasteiger partial charge in [-0.2, -0.15) is 0 Å². The highest BCUT2D eigenvalue weighted by Gasteiger charge is 2.12. The molecule has 1 aromatic rings. The van der Waals surface area contributed by atoms with Crippen LogP contribution in [0.25, 0.3) is 0 Å². The van der Waals surface area contributed by atoms with E-state index in [2.05, 4.69) is 27.2 Å². The highest BCUT2D eigenvalue weighted by molar-refractivity contribution is 9.10. The van der Waals surface area contributed by atoms with Crippen molar-refractivity contribution in [2.45, 2.75) is 19.4 Å². The van der Waals surface area contributed by atoms with Crippen LogP contribution >= 0.6 is 15.9 Å². The van der Waals surface area contributed by atoms with Gasteiger partial charge in [-0.25, -0.2) is 0 Å². The number of nitrogens with zero attached hydrogens (tertiary/aromatic N) is 1. The van der Waals surface area contributed by atoms with E-state index < -0.39 is 0 Å². The van der Waals surface area contributed by atoms with Crippen LogP contribution in [0.1, 0.15) is 23.8 Å². The van der Waals surface area contributed by atoms with E-state index in [9.17, 15) is 4.79 Å². The lowest BCUT2D eigenvalue weighted by Crippen LogP contribution is -2.33. The summed E-state index contributed by atoms with van der Waals surface area (Å²) in [4.78, 5) is 11.7. The summed E-state index contributed by atoms with van der Waals surface area (Å²) in [6, 6.07) is 1.77. The highest BCUT2D eigenvalue weighted by Crippen LogP contribution is 2.13. The van der Waals surface area contributed by atoms with Crippen LogP contribution in [0.5, 0.6) is 0 Å². The molecule has 0 aliphatic heterocycles. The van der Waals surface area contributed by atoms with Crippen molar-refractivity contribution >= 4 is 21.8 Å². The maximum atomic E-state index is 11.7. The van der Waals surface area contributed by atoms with Crippen molar-refractivity contribution in [1.29, 1.82) is 0 Å². The number of hydrogen-bond donors (Lipinski definition) is 1. The van der Waals surface area contributed by atoms with Crippen LogP contribution in [-0.2, 0) is 7.05 Å². The van der Waals surface area contributed by atoms with Gasteiger partial charge < -0.3 is 9.88 Å². The minimum atomic E-state index is -0.106. The Balaban J connectivity index is 2.70. The molecule has 1 aromatic heterocycles. The number of nitrogens with one attached hydrogen (secondary N) is 1. The first-order chi connectivity index (χ1) is 7.04. The van der Waals surface area contributed by atoms with Gasteiger partial charge in [-0.3, -0.25) is 4.79 Å². The summed E-state index contributed by atoms with van der Waals surface area (Å²) in [5.74, 6) is 2.41. The Bertz CT molecular complexity index is 403. The zero-order valence-corrected chi connectivity index (χ0v) is 10.3. The lowest BCUT2D eigenvalue weighted by Gasteiger charge is -2.10. The zero-order chi connectivity index (χ0) is 11.4. The molecule has 1 unspecified atom stereocenters. The molecule has 0 saturated carbocycles. The highest BCUT2D eigenvalue weighted by atomic mass is 79.9. The second-order valence-corrected chi connectivity index (χ2v) is 4.35. The topological polar surface area (TPSA) is 34.0 Å². The summed E-state index contributed by atoms with van der Waals surface area (Å²) in [6.07, 6.45) is 7.54. The number of terminal acetylenes is 1. The van der Waals surface area contributed by atoms with Crippen molar-refractivity contribution in [3.05, 3.63) is 22.4 Å². The predicted octanol–water partition coefficient (Wildman–Crippen LogP) is 1.93. The molecule has 0 radical (unpaired) electrons. The maximum Gasteiger partial charge on any atom is 0.268 e. The van der Waals surface area contributed by atoms with Crippen molar-refractivity contribution in [3.63, 3.8) is 0 Å². The lowest BCUT2D eigenvalue weighted by molar-refractivity contribution is 0.0932. The van der Waals surface area contributed by atoms with Crippen molar-refractivity contribution in [2.75, 3.05) is 0 Å². The first-order valence-corrected chi connectivity index (χ1v) is 5.40. The van der Waals surface area contributed by atoms with Gasteiger partial charge in [0.2, 0.25) is 0 Å². The molecule has 1 N–H and O–H groups in total. The number of amides is 1. The van der Waals surface area contributed by atoms with Crippen LogP contribution < -0.4 is 5.32 Å². The number of aromatic nitrogens is 1. The van der Waals surface area contributed by atoms with E-state index in [4.69, 9.17) is 6.42 Å². The van der Waals surface area contributed by atoms with Gasteiger partial charge in [-0.15, -0.1) is 12.3 Å². The van der Waals surface area contributed by atoms with E-state index in [1.807, 2.05) is 20.2 Å². The Hall–Kier alpha value is -1.21. The van der Waals surface area contributed by atoms with Crippen LogP contribution in [0.15, 0.2) is 16.7 Å². The summed E-state index contributed by atoms with van der Waals surface area (Å²) in [5.41, 5.74) is 0.616. The second kappa shape index (κ2) is 5.04. The van der Waals surface area contributed by atoms with Crippen LogP contribution in [0.4, 0.5) is 0 Å². The number of halogens is 1. The molecular formula is C11H13BrN2O. The average molecular weight is 269 g/mol. The van der Waals surface area contributed by atoms with Crippen molar-refractivity contribution in [1.82, 2.24) is 9.88 Å². The molecule has 0 aliphatic carbocycles. The lowest BCUT2D eigenvalue weighted by atomic mass is 10.2. The normalized spacial score (nSPS) is 11.9.